The molecule has 0 fully saturated rings. The monoisotopic (exact) mass is 764 g/mol. The van der Waals surface area contributed by atoms with Crippen LogP contribution in [0.25, 0.3) is 55.4 Å². The average Bonchev–Trinajstić information content (AvgIpc) is 3.78. The number of carboxylic acids is 2. The first-order valence-electron chi connectivity index (χ1n) is 15.9. The average molecular weight is 766 g/mol. The van der Waals surface area contributed by atoms with Gasteiger partial charge in [0.2, 0.25) is 0 Å². The van der Waals surface area contributed by atoms with Gasteiger partial charge in [-0.25, -0.2) is 27.7 Å². The van der Waals surface area contributed by atoms with E-state index in [2.05, 4.69) is 10.2 Å². The van der Waals surface area contributed by atoms with E-state index in [4.69, 9.17) is 33.4 Å². The minimum Gasteiger partial charge on any atom is -0.505 e. The summed E-state index contributed by atoms with van der Waals surface area (Å²) >= 11 is 12.3. The fourth-order valence-electron chi connectivity index (χ4n) is 5.84. The maximum atomic E-state index is 13.3. The number of halogens is 4. The van der Waals surface area contributed by atoms with Crippen molar-refractivity contribution >= 4 is 56.9 Å². The SMILES string of the molecule is O=C(O)c1ccc(-c2ccc3c(cnn3-c3ccc(F)c(O)c3)c2)c(Cl)c1.O=C(O)c1ccc(-c2ccc3c(cnn3-c3ccc(F)c(O)c3)c2)cc1Cl. The summed E-state index contributed by atoms with van der Waals surface area (Å²) in [4.78, 5) is 22.1. The van der Waals surface area contributed by atoms with Gasteiger partial charge in [-0.15, -0.1) is 0 Å². The molecule has 8 rings (SSSR count). The van der Waals surface area contributed by atoms with Crippen molar-refractivity contribution in [2.75, 3.05) is 0 Å². The summed E-state index contributed by atoms with van der Waals surface area (Å²) in [6.45, 7) is 0. The number of fused-ring (bicyclic) bond motifs is 2. The zero-order valence-electron chi connectivity index (χ0n) is 27.5. The van der Waals surface area contributed by atoms with Crippen LogP contribution in [0.2, 0.25) is 10.0 Å². The van der Waals surface area contributed by atoms with E-state index in [0.29, 0.717) is 22.0 Å². The first-order valence-corrected chi connectivity index (χ1v) is 16.6. The number of rotatable bonds is 6. The zero-order chi connectivity index (χ0) is 38.3. The Morgan fingerprint density at radius 1 is 0.556 bits per heavy atom. The Balaban J connectivity index is 0.000000167. The minimum atomic E-state index is -1.08. The van der Waals surface area contributed by atoms with Crippen molar-refractivity contribution in [2.24, 2.45) is 0 Å². The van der Waals surface area contributed by atoms with E-state index < -0.39 is 35.1 Å². The fourth-order valence-corrected chi connectivity index (χ4v) is 6.39. The number of phenolic OH excluding ortho intramolecular Hbond substituents is 2. The topological polar surface area (TPSA) is 151 Å². The standard InChI is InChI=1S/2C20H12ClFN2O3/c21-16-8-12(20(26)27)1-4-15(16)11-2-6-18-13(7-11)10-23-24(18)14-3-5-17(22)19(25)9-14;21-16-8-12(1-4-15(16)20(26)27)11-2-6-18-13(7-11)10-23-24(18)14-3-5-17(22)19(25)9-14/h2*1-10,25H,(H,26,27). The predicted molar refractivity (Wildman–Crippen MR) is 200 cm³/mol. The molecule has 0 aliphatic carbocycles. The number of hydrogen-bond donors (Lipinski definition) is 4. The van der Waals surface area contributed by atoms with E-state index in [1.54, 1.807) is 40.0 Å². The largest absolute Gasteiger partial charge is 0.505 e. The normalized spacial score (nSPS) is 11.0. The Morgan fingerprint density at radius 3 is 1.57 bits per heavy atom. The summed E-state index contributed by atoms with van der Waals surface area (Å²) in [5.74, 6) is -4.40. The van der Waals surface area contributed by atoms with Gasteiger partial charge >= 0.3 is 11.9 Å². The number of phenols is 2. The molecule has 6 aromatic carbocycles. The first kappa shape index (κ1) is 35.6. The van der Waals surface area contributed by atoms with Crippen LogP contribution in [0.1, 0.15) is 20.7 Å². The van der Waals surface area contributed by atoms with Crippen molar-refractivity contribution in [3.05, 3.63) is 154 Å². The molecule has 2 aromatic heterocycles. The third kappa shape index (κ3) is 6.90. The molecule has 2 heterocycles. The van der Waals surface area contributed by atoms with Crippen molar-refractivity contribution in [1.82, 2.24) is 19.6 Å². The highest BCUT2D eigenvalue weighted by molar-refractivity contribution is 6.34. The lowest BCUT2D eigenvalue weighted by molar-refractivity contribution is 0.0686. The Morgan fingerprint density at radius 2 is 1.07 bits per heavy atom. The van der Waals surface area contributed by atoms with Gasteiger partial charge in [0.1, 0.15) is 0 Å². The minimum absolute atomic E-state index is 0.0467. The molecular weight excluding hydrogens is 741 g/mol. The molecule has 54 heavy (non-hydrogen) atoms. The van der Waals surface area contributed by atoms with E-state index in [0.717, 1.165) is 38.5 Å². The lowest BCUT2D eigenvalue weighted by atomic mass is 10.0. The second-order valence-corrected chi connectivity index (χ2v) is 12.7. The molecule has 268 valence electrons. The third-order valence-electron chi connectivity index (χ3n) is 8.54. The van der Waals surface area contributed by atoms with Gasteiger partial charge in [0.15, 0.2) is 23.1 Å². The number of aromatic carboxylic acids is 2. The van der Waals surface area contributed by atoms with Crippen molar-refractivity contribution in [3.63, 3.8) is 0 Å². The molecule has 8 aromatic rings. The van der Waals surface area contributed by atoms with Gasteiger partial charge in [0, 0.05) is 33.5 Å². The summed E-state index contributed by atoms with van der Waals surface area (Å²) in [6.07, 6.45) is 3.31. The van der Waals surface area contributed by atoms with Crippen LogP contribution >= 0.6 is 23.2 Å². The number of benzene rings is 6. The molecule has 0 radical (unpaired) electrons. The van der Waals surface area contributed by atoms with Gasteiger partial charge in [-0.1, -0.05) is 47.5 Å². The van der Waals surface area contributed by atoms with Crippen LogP contribution in [0.5, 0.6) is 11.5 Å². The summed E-state index contributed by atoms with van der Waals surface area (Å²) in [7, 11) is 0. The summed E-state index contributed by atoms with van der Waals surface area (Å²) in [6, 6.07) is 28.5. The molecular formula is C40H24Cl2F2N4O6. The Hall–Kier alpha value is -6.76. The fraction of sp³-hybridized carbons (Fsp3) is 0. The maximum absolute atomic E-state index is 13.3. The summed E-state index contributed by atoms with van der Waals surface area (Å²) < 4.78 is 29.7. The molecule has 0 saturated carbocycles. The molecule has 0 atom stereocenters. The van der Waals surface area contributed by atoms with Crippen molar-refractivity contribution in [1.29, 1.82) is 0 Å². The van der Waals surface area contributed by atoms with Gasteiger partial charge < -0.3 is 20.4 Å². The smallest absolute Gasteiger partial charge is 0.337 e. The van der Waals surface area contributed by atoms with Crippen LogP contribution in [0, 0.1) is 11.6 Å². The second kappa shape index (κ2) is 14.3. The lowest BCUT2D eigenvalue weighted by Crippen LogP contribution is -1.97. The Bertz CT molecular complexity index is 2780. The number of aromatic hydroxyl groups is 2. The molecule has 0 aliphatic rings. The second-order valence-electron chi connectivity index (χ2n) is 11.9. The molecule has 4 N–H and O–H groups in total. The van der Waals surface area contributed by atoms with Crippen molar-refractivity contribution in [2.45, 2.75) is 0 Å². The highest BCUT2D eigenvalue weighted by Gasteiger charge is 2.14. The van der Waals surface area contributed by atoms with E-state index in [1.165, 1.54) is 54.6 Å². The van der Waals surface area contributed by atoms with Crippen LogP contribution in [-0.2, 0) is 0 Å². The van der Waals surface area contributed by atoms with Crippen molar-refractivity contribution < 1.29 is 38.8 Å². The highest BCUT2D eigenvalue weighted by atomic mass is 35.5. The van der Waals surface area contributed by atoms with Gasteiger partial charge in [-0.3, -0.25) is 0 Å². The number of hydrogen-bond acceptors (Lipinski definition) is 6. The van der Waals surface area contributed by atoms with Gasteiger partial charge in [0.25, 0.3) is 0 Å². The summed E-state index contributed by atoms with van der Waals surface area (Å²) in [5, 5.41) is 48.0. The van der Waals surface area contributed by atoms with Crippen LogP contribution in [0.15, 0.2) is 122 Å². The molecule has 10 nitrogen and oxygen atoms in total. The van der Waals surface area contributed by atoms with E-state index in [9.17, 15) is 28.6 Å². The van der Waals surface area contributed by atoms with E-state index >= 15 is 0 Å². The molecule has 0 aliphatic heterocycles. The van der Waals surface area contributed by atoms with Crippen molar-refractivity contribution in [3.8, 4) is 45.1 Å². The predicted octanol–water partition coefficient (Wildman–Crippen LogP) is 9.78. The van der Waals surface area contributed by atoms with Gasteiger partial charge in [-0.2, -0.15) is 10.2 Å². The number of carbonyl (C=O) groups is 2. The molecule has 0 saturated heterocycles. The molecule has 0 unspecified atom stereocenters. The first-order chi connectivity index (χ1) is 25.9. The zero-order valence-corrected chi connectivity index (χ0v) is 29.0. The summed E-state index contributed by atoms with van der Waals surface area (Å²) in [5.41, 5.74) is 5.91. The maximum Gasteiger partial charge on any atom is 0.337 e. The van der Waals surface area contributed by atoms with Crippen LogP contribution in [0.4, 0.5) is 8.78 Å². The van der Waals surface area contributed by atoms with Crippen LogP contribution in [0.3, 0.4) is 0 Å². The third-order valence-corrected chi connectivity index (χ3v) is 9.17. The number of aromatic nitrogens is 4. The lowest BCUT2D eigenvalue weighted by Gasteiger charge is -2.08. The molecule has 14 heteroatoms. The Labute approximate surface area is 313 Å². The molecule has 0 bridgehead atoms. The van der Waals surface area contributed by atoms with Gasteiger partial charge in [0.05, 0.1) is 51.0 Å². The molecule has 0 spiro atoms. The van der Waals surface area contributed by atoms with Crippen LogP contribution < -0.4 is 0 Å². The number of carboxylic acid groups (broad SMARTS) is 2. The molecule has 0 amide bonds. The van der Waals surface area contributed by atoms with E-state index in [1.807, 2.05) is 36.4 Å². The Kier molecular flexibility index (Phi) is 9.46. The van der Waals surface area contributed by atoms with Gasteiger partial charge in [-0.05, 0) is 89.5 Å². The van der Waals surface area contributed by atoms with Crippen LogP contribution in [-0.4, -0.2) is 51.9 Å². The van der Waals surface area contributed by atoms with E-state index in [-0.39, 0.29) is 16.1 Å². The highest BCUT2D eigenvalue weighted by Crippen LogP contribution is 2.33. The quantitative estimate of drug-likeness (QED) is 0.131. The number of nitrogens with zero attached hydrogens (tertiary/aromatic N) is 4.